The van der Waals surface area contributed by atoms with Crippen LogP contribution in [-0.2, 0) is 11.0 Å². The first-order valence-electron chi connectivity index (χ1n) is 8.94. The Hall–Kier alpha value is -3.56. The monoisotopic (exact) mass is 398 g/mol. The van der Waals surface area contributed by atoms with Gasteiger partial charge in [0.2, 0.25) is 5.89 Å². The third kappa shape index (κ3) is 4.31. The van der Waals surface area contributed by atoms with E-state index in [0.29, 0.717) is 23.0 Å². The van der Waals surface area contributed by atoms with Crippen molar-refractivity contribution in [3.8, 4) is 5.69 Å². The number of nitro benzene ring substituents is 1. The molecule has 1 amide bonds. The summed E-state index contributed by atoms with van der Waals surface area (Å²) < 4.78 is 6.78. The van der Waals surface area contributed by atoms with Gasteiger partial charge in [0, 0.05) is 23.7 Å². The first-order chi connectivity index (χ1) is 13.5. The van der Waals surface area contributed by atoms with Crippen molar-refractivity contribution in [3.63, 3.8) is 0 Å². The van der Waals surface area contributed by atoms with E-state index in [-0.39, 0.29) is 17.0 Å². The number of carbonyl (C=O) groups excluding carboxylic acids is 1. The molecule has 152 valence electrons. The molecule has 1 aromatic carbocycles. The highest BCUT2D eigenvalue weighted by Crippen LogP contribution is 2.24. The van der Waals surface area contributed by atoms with Crippen LogP contribution in [0.1, 0.15) is 56.7 Å². The van der Waals surface area contributed by atoms with Crippen LogP contribution in [-0.4, -0.2) is 30.8 Å². The Kier molecular flexibility index (Phi) is 4.95. The molecule has 0 unspecified atom stereocenters. The number of nitrogens with one attached hydrogen (secondary N) is 1. The van der Waals surface area contributed by atoms with Gasteiger partial charge in [0.05, 0.1) is 27.9 Å². The number of hydrogen-bond donors (Lipinski definition) is 1. The number of non-ortho nitro benzene ring substituents is 1. The molecule has 0 aliphatic carbocycles. The average Bonchev–Trinajstić information content (AvgIpc) is 3.31. The first kappa shape index (κ1) is 20.2. The summed E-state index contributed by atoms with van der Waals surface area (Å²) in [4.78, 5) is 27.4. The molecule has 0 saturated heterocycles. The van der Waals surface area contributed by atoms with Gasteiger partial charge in [-0.3, -0.25) is 14.9 Å². The zero-order valence-corrected chi connectivity index (χ0v) is 16.8. The number of nitrogens with zero attached hydrogens (tertiary/aromatic N) is 5. The van der Waals surface area contributed by atoms with Crippen molar-refractivity contribution >= 4 is 11.6 Å². The lowest BCUT2D eigenvalue weighted by molar-refractivity contribution is -0.384. The van der Waals surface area contributed by atoms with E-state index in [1.54, 1.807) is 32.2 Å². The van der Waals surface area contributed by atoms with E-state index >= 15 is 0 Å². The van der Waals surface area contributed by atoms with Crippen LogP contribution in [0.4, 0.5) is 5.69 Å². The number of nitro groups is 1. The molecule has 0 fully saturated rings. The van der Waals surface area contributed by atoms with Crippen LogP contribution in [0, 0.1) is 10.1 Å². The number of hydrogen-bond acceptors (Lipinski definition) is 7. The number of aromatic nitrogens is 4. The van der Waals surface area contributed by atoms with Crippen molar-refractivity contribution < 1.29 is 14.2 Å². The summed E-state index contributed by atoms with van der Waals surface area (Å²) in [5.74, 6) is 0.504. The maximum atomic E-state index is 12.7. The Labute approximate surface area is 167 Å². The van der Waals surface area contributed by atoms with Crippen molar-refractivity contribution in [2.45, 2.75) is 45.6 Å². The van der Waals surface area contributed by atoms with Gasteiger partial charge in [-0.2, -0.15) is 10.1 Å². The van der Waals surface area contributed by atoms with Crippen molar-refractivity contribution in [1.29, 1.82) is 0 Å². The number of amides is 1. The minimum atomic E-state index is -0.862. The van der Waals surface area contributed by atoms with Gasteiger partial charge in [0.15, 0.2) is 5.82 Å². The zero-order chi connectivity index (χ0) is 21.4. The largest absolute Gasteiger partial charge is 0.340 e. The molecule has 3 rings (SSSR count). The molecule has 0 atom stereocenters. The minimum absolute atomic E-state index is 0.0182. The highest BCUT2D eigenvalue weighted by Gasteiger charge is 2.32. The molecule has 1 N–H and O–H groups in total. The predicted octanol–water partition coefficient (Wildman–Crippen LogP) is 3.13. The second-order valence-electron chi connectivity index (χ2n) is 8.20. The molecule has 0 radical (unpaired) electrons. The summed E-state index contributed by atoms with van der Waals surface area (Å²) in [7, 11) is 0. The second kappa shape index (κ2) is 7.12. The minimum Gasteiger partial charge on any atom is -0.340 e. The van der Waals surface area contributed by atoms with E-state index in [1.165, 1.54) is 23.0 Å². The SMILES string of the molecule is CC(C)(C)c1nc(C(C)(C)NC(=O)c2cnn(-c3ccc([N+](=O)[O-])cc3)c2)no1. The van der Waals surface area contributed by atoms with E-state index in [0.717, 1.165) is 0 Å². The quantitative estimate of drug-likeness (QED) is 0.516. The lowest BCUT2D eigenvalue weighted by Gasteiger charge is -2.22. The van der Waals surface area contributed by atoms with Crippen LogP contribution in [0.2, 0.25) is 0 Å². The van der Waals surface area contributed by atoms with Crippen molar-refractivity contribution in [3.05, 3.63) is 64.1 Å². The molecule has 2 aromatic heterocycles. The third-order valence-corrected chi connectivity index (χ3v) is 4.22. The normalized spacial score (nSPS) is 12.0. The Morgan fingerprint density at radius 3 is 2.38 bits per heavy atom. The van der Waals surface area contributed by atoms with E-state index in [1.807, 2.05) is 20.8 Å². The maximum absolute atomic E-state index is 12.7. The van der Waals surface area contributed by atoms with Gasteiger partial charge in [-0.15, -0.1) is 0 Å². The van der Waals surface area contributed by atoms with Gasteiger partial charge in [-0.1, -0.05) is 25.9 Å². The van der Waals surface area contributed by atoms with Crippen LogP contribution < -0.4 is 5.32 Å². The summed E-state index contributed by atoms with van der Waals surface area (Å²) >= 11 is 0. The van der Waals surface area contributed by atoms with E-state index < -0.39 is 10.5 Å². The standard InChI is InChI=1S/C19H22N6O4/c1-18(2,3)17-21-16(23-29-17)19(4,5)22-15(26)12-10-20-24(11-12)13-6-8-14(9-7-13)25(27)28/h6-11H,1-5H3,(H,22,26). The zero-order valence-electron chi connectivity index (χ0n) is 16.8. The van der Waals surface area contributed by atoms with E-state index in [9.17, 15) is 14.9 Å². The van der Waals surface area contributed by atoms with Gasteiger partial charge < -0.3 is 9.84 Å². The van der Waals surface area contributed by atoms with Gasteiger partial charge in [0.1, 0.15) is 0 Å². The fraction of sp³-hybridized carbons (Fsp3) is 0.368. The smallest absolute Gasteiger partial charge is 0.269 e. The molecule has 0 saturated carbocycles. The maximum Gasteiger partial charge on any atom is 0.269 e. The first-order valence-corrected chi connectivity index (χ1v) is 8.94. The molecule has 2 heterocycles. The molecule has 0 aliphatic heterocycles. The summed E-state index contributed by atoms with van der Waals surface area (Å²) in [6, 6.07) is 5.88. The van der Waals surface area contributed by atoms with E-state index in [2.05, 4.69) is 20.6 Å². The summed E-state index contributed by atoms with van der Waals surface area (Å²) in [5, 5.41) is 21.8. The van der Waals surface area contributed by atoms with Crippen LogP contribution in [0.25, 0.3) is 5.69 Å². The summed E-state index contributed by atoms with van der Waals surface area (Å²) in [5.41, 5.74) is -0.246. The Morgan fingerprint density at radius 2 is 1.83 bits per heavy atom. The lowest BCUT2D eigenvalue weighted by Crippen LogP contribution is -2.41. The Bertz CT molecular complexity index is 1040. The molecule has 29 heavy (non-hydrogen) atoms. The second-order valence-corrected chi connectivity index (χ2v) is 8.20. The van der Waals surface area contributed by atoms with Gasteiger partial charge >= 0.3 is 0 Å². The molecule has 0 spiro atoms. The van der Waals surface area contributed by atoms with E-state index in [4.69, 9.17) is 4.52 Å². The van der Waals surface area contributed by atoms with Crippen molar-refractivity contribution in [2.75, 3.05) is 0 Å². The van der Waals surface area contributed by atoms with Crippen LogP contribution in [0.5, 0.6) is 0 Å². The predicted molar refractivity (Wildman–Crippen MR) is 104 cm³/mol. The molecular formula is C19H22N6O4. The fourth-order valence-corrected chi connectivity index (χ4v) is 2.50. The summed E-state index contributed by atoms with van der Waals surface area (Å²) in [6.45, 7) is 9.44. The molecule has 0 bridgehead atoms. The van der Waals surface area contributed by atoms with Crippen LogP contribution >= 0.6 is 0 Å². The number of carbonyl (C=O) groups is 1. The lowest BCUT2D eigenvalue weighted by atomic mass is 9.97. The van der Waals surface area contributed by atoms with Crippen LogP contribution in [0.3, 0.4) is 0 Å². The number of benzene rings is 1. The molecule has 10 nitrogen and oxygen atoms in total. The topological polar surface area (TPSA) is 129 Å². The summed E-state index contributed by atoms with van der Waals surface area (Å²) in [6.07, 6.45) is 2.97. The van der Waals surface area contributed by atoms with Gasteiger partial charge in [-0.05, 0) is 26.0 Å². The molecule has 3 aromatic rings. The molecule has 10 heteroatoms. The van der Waals surface area contributed by atoms with Gasteiger partial charge in [-0.25, -0.2) is 4.68 Å². The van der Waals surface area contributed by atoms with Crippen LogP contribution in [0.15, 0.2) is 41.2 Å². The Balaban J connectivity index is 1.75. The molecular weight excluding hydrogens is 376 g/mol. The highest BCUT2D eigenvalue weighted by molar-refractivity contribution is 5.94. The number of rotatable bonds is 5. The fourth-order valence-electron chi connectivity index (χ4n) is 2.50. The van der Waals surface area contributed by atoms with Gasteiger partial charge in [0.25, 0.3) is 11.6 Å². The van der Waals surface area contributed by atoms with Crippen molar-refractivity contribution in [2.24, 2.45) is 0 Å². The molecule has 0 aliphatic rings. The van der Waals surface area contributed by atoms with Crippen molar-refractivity contribution in [1.82, 2.24) is 25.2 Å². The highest BCUT2D eigenvalue weighted by atomic mass is 16.6. The Morgan fingerprint density at radius 1 is 1.17 bits per heavy atom. The third-order valence-electron chi connectivity index (χ3n) is 4.22. The average molecular weight is 398 g/mol.